The van der Waals surface area contributed by atoms with Crippen LogP contribution in [-0.2, 0) is 17.6 Å². The number of hydrogen-bond donors (Lipinski definition) is 4. The number of imidazole rings is 1. The number of hydrogen-bond acceptors (Lipinski definition) is 4. The molecule has 9 heteroatoms. The van der Waals surface area contributed by atoms with Gasteiger partial charge in [0.05, 0.1) is 11.6 Å². The van der Waals surface area contributed by atoms with Gasteiger partial charge in [-0.15, -0.1) is 0 Å². The number of fused-ring (bicyclic) bond motifs is 1. The predicted octanol–water partition coefficient (Wildman–Crippen LogP) is 5.87. The molecule has 3 aromatic carbocycles. The molecule has 2 aromatic heterocycles. The number of carbonyl (C=O) groups excluding carboxylic acids is 1. The second-order valence-corrected chi connectivity index (χ2v) is 9.41. The van der Waals surface area contributed by atoms with E-state index in [-0.39, 0.29) is 5.91 Å². The van der Waals surface area contributed by atoms with Crippen LogP contribution in [0.15, 0.2) is 72.8 Å². The Kier molecular flexibility index (Phi) is 6.93. The molecule has 5 N–H and O–H groups in total. The third-order valence-corrected chi connectivity index (χ3v) is 6.53. The molecule has 0 saturated heterocycles. The fourth-order valence-electron chi connectivity index (χ4n) is 4.20. The molecule has 2 heterocycles. The summed E-state index contributed by atoms with van der Waals surface area (Å²) < 4.78 is 0. The minimum absolute atomic E-state index is 0.0840. The number of nitrogen functional groups attached to an aromatic ring is 1. The van der Waals surface area contributed by atoms with Crippen LogP contribution in [0.3, 0.4) is 0 Å². The van der Waals surface area contributed by atoms with Crippen LogP contribution < -0.4 is 11.1 Å². The molecule has 5 rings (SSSR count). The summed E-state index contributed by atoms with van der Waals surface area (Å²) in [4.78, 5) is 20.9. The molecule has 0 saturated carbocycles. The molecule has 36 heavy (non-hydrogen) atoms. The van der Waals surface area contributed by atoms with Crippen LogP contribution in [0.5, 0.6) is 0 Å². The smallest absolute Gasteiger partial charge is 0.220 e. The number of aryl methyl sites for hydroxylation is 1. The number of carbonyl (C=O) groups is 1. The minimum atomic E-state index is -0.392. The molecule has 0 fully saturated rings. The summed E-state index contributed by atoms with van der Waals surface area (Å²) in [6, 6.07) is 22.8. The monoisotopic (exact) mass is 518 g/mol. The lowest BCUT2D eigenvalue weighted by molar-refractivity contribution is -0.121. The highest BCUT2D eigenvalue weighted by Gasteiger charge is 2.22. The topological polar surface area (TPSA) is 112 Å². The van der Waals surface area contributed by atoms with E-state index in [2.05, 4.69) is 20.5 Å². The molecular formula is C27H24Cl2N6O. The molecule has 1 atom stereocenters. The zero-order chi connectivity index (χ0) is 25.1. The standard InChI is InChI=1S/C27H24Cl2N6O/c28-19-8-4-7-17(13-19)9-12-23(36)31-22(14-16-5-2-1-3-6-16)27-32-24(25(29)33-27)18-10-11-20-21(15-18)34-35-26(20)30/h1-8,10-11,13,15,22H,9,12,14H2,(H,31,36)(H,32,33)(H3,30,34,35)/t22-/m0/s1. The Hall–Kier alpha value is -3.81. The average Bonchev–Trinajstić information content (AvgIpc) is 3.45. The first kappa shape index (κ1) is 23.9. The molecule has 0 radical (unpaired) electrons. The van der Waals surface area contributed by atoms with Gasteiger partial charge in [0.25, 0.3) is 0 Å². The number of amides is 1. The largest absolute Gasteiger partial charge is 0.382 e. The number of anilines is 1. The SMILES string of the molecule is Nc1n[nH]c2cc(-c3nc([C@H](Cc4ccccc4)NC(=O)CCc4cccc(Cl)c4)[nH]c3Cl)ccc12. The molecule has 0 aliphatic rings. The molecule has 0 bridgehead atoms. The van der Waals surface area contributed by atoms with Crippen molar-refractivity contribution in [3.05, 3.63) is 99.9 Å². The number of halogens is 2. The first-order chi connectivity index (χ1) is 17.5. The Morgan fingerprint density at radius 1 is 1.00 bits per heavy atom. The van der Waals surface area contributed by atoms with E-state index in [1.165, 1.54) is 0 Å². The second kappa shape index (κ2) is 10.4. The summed E-state index contributed by atoms with van der Waals surface area (Å²) in [7, 11) is 0. The summed E-state index contributed by atoms with van der Waals surface area (Å²) in [5.41, 5.74) is 10.2. The van der Waals surface area contributed by atoms with Gasteiger partial charge in [0, 0.05) is 22.4 Å². The third kappa shape index (κ3) is 5.37. The molecule has 5 aromatic rings. The van der Waals surface area contributed by atoms with Crippen LogP contribution in [0, 0.1) is 0 Å². The van der Waals surface area contributed by atoms with Gasteiger partial charge in [-0.1, -0.05) is 71.7 Å². The number of H-pyrrole nitrogens is 2. The van der Waals surface area contributed by atoms with E-state index in [0.29, 0.717) is 46.8 Å². The Balaban J connectivity index is 1.39. The summed E-state index contributed by atoms with van der Waals surface area (Å²) in [5, 5.41) is 12.0. The van der Waals surface area contributed by atoms with Crippen molar-refractivity contribution >= 4 is 45.8 Å². The molecule has 182 valence electrons. The number of nitrogens with zero attached hydrogens (tertiary/aromatic N) is 2. The van der Waals surface area contributed by atoms with Crippen molar-refractivity contribution in [2.24, 2.45) is 0 Å². The number of nitrogens with one attached hydrogen (secondary N) is 3. The van der Waals surface area contributed by atoms with Gasteiger partial charge in [0.15, 0.2) is 5.82 Å². The van der Waals surface area contributed by atoms with E-state index >= 15 is 0 Å². The van der Waals surface area contributed by atoms with Gasteiger partial charge in [-0.2, -0.15) is 5.10 Å². The second-order valence-electron chi connectivity index (χ2n) is 8.59. The molecule has 0 aliphatic carbocycles. The molecule has 0 aliphatic heterocycles. The highest BCUT2D eigenvalue weighted by Crippen LogP contribution is 2.31. The third-order valence-electron chi connectivity index (χ3n) is 6.02. The zero-order valence-electron chi connectivity index (χ0n) is 19.3. The van der Waals surface area contributed by atoms with E-state index in [1.807, 2.05) is 72.8 Å². The fraction of sp³-hybridized carbons (Fsp3) is 0.148. The Morgan fingerprint density at radius 3 is 2.61 bits per heavy atom. The maximum absolute atomic E-state index is 12.9. The van der Waals surface area contributed by atoms with Crippen molar-refractivity contribution in [1.29, 1.82) is 0 Å². The van der Waals surface area contributed by atoms with Gasteiger partial charge in [-0.3, -0.25) is 9.89 Å². The fourth-order valence-corrected chi connectivity index (χ4v) is 4.66. The van der Waals surface area contributed by atoms with Crippen LogP contribution in [0.25, 0.3) is 22.2 Å². The van der Waals surface area contributed by atoms with E-state index in [1.54, 1.807) is 0 Å². The molecule has 7 nitrogen and oxygen atoms in total. The van der Waals surface area contributed by atoms with Gasteiger partial charge in [-0.25, -0.2) is 4.98 Å². The lowest BCUT2D eigenvalue weighted by Crippen LogP contribution is -2.31. The number of nitrogens with two attached hydrogens (primary N) is 1. The maximum Gasteiger partial charge on any atom is 0.220 e. The Bertz CT molecular complexity index is 1510. The highest BCUT2D eigenvalue weighted by molar-refractivity contribution is 6.32. The normalized spacial score (nSPS) is 12.1. The quantitative estimate of drug-likeness (QED) is 0.205. The van der Waals surface area contributed by atoms with Crippen LogP contribution in [0.2, 0.25) is 10.2 Å². The molecule has 1 amide bonds. The Morgan fingerprint density at radius 2 is 1.81 bits per heavy atom. The van der Waals surface area contributed by atoms with Gasteiger partial charge in [0.2, 0.25) is 5.91 Å². The van der Waals surface area contributed by atoms with Crippen molar-refractivity contribution in [1.82, 2.24) is 25.5 Å². The van der Waals surface area contributed by atoms with Crippen molar-refractivity contribution in [3.8, 4) is 11.3 Å². The van der Waals surface area contributed by atoms with Crippen molar-refractivity contribution in [3.63, 3.8) is 0 Å². The number of aromatic amines is 2. The number of benzene rings is 3. The lowest BCUT2D eigenvalue weighted by atomic mass is 10.0. The average molecular weight is 519 g/mol. The number of rotatable bonds is 8. The van der Waals surface area contributed by atoms with Crippen molar-refractivity contribution in [2.45, 2.75) is 25.3 Å². The molecule has 0 unspecified atom stereocenters. The first-order valence-corrected chi connectivity index (χ1v) is 12.3. The van der Waals surface area contributed by atoms with Crippen LogP contribution in [-0.4, -0.2) is 26.1 Å². The maximum atomic E-state index is 12.9. The number of aromatic nitrogens is 4. The predicted molar refractivity (Wildman–Crippen MR) is 144 cm³/mol. The van der Waals surface area contributed by atoms with E-state index in [0.717, 1.165) is 27.6 Å². The van der Waals surface area contributed by atoms with E-state index in [4.69, 9.17) is 33.9 Å². The molecule has 0 spiro atoms. The molecular weight excluding hydrogens is 495 g/mol. The summed E-state index contributed by atoms with van der Waals surface area (Å²) in [6.45, 7) is 0. The van der Waals surface area contributed by atoms with E-state index < -0.39 is 6.04 Å². The first-order valence-electron chi connectivity index (χ1n) is 11.5. The van der Waals surface area contributed by atoms with Gasteiger partial charge in [0.1, 0.15) is 16.7 Å². The van der Waals surface area contributed by atoms with Gasteiger partial charge in [-0.05, 0) is 48.2 Å². The lowest BCUT2D eigenvalue weighted by Gasteiger charge is -2.17. The summed E-state index contributed by atoms with van der Waals surface area (Å²) in [6.07, 6.45) is 1.47. The van der Waals surface area contributed by atoms with Gasteiger partial charge >= 0.3 is 0 Å². The highest BCUT2D eigenvalue weighted by atomic mass is 35.5. The van der Waals surface area contributed by atoms with Crippen LogP contribution >= 0.6 is 23.2 Å². The van der Waals surface area contributed by atoms with Crippen molar-refractivity contribution in [2.75, 3.05) is 5.73 Å². The minimum Gasteiger partial charge on any atom is -0.382 e. The van der Waals surface area contributed by atoms with E-state index in [9.17, 15) is 4.79 Å². The van der Waals surface area contributed by atoms with Crippen molar-refractivity contribution < 1.29 is 4.79 Å². The Labute approximate surface area is 218 Å². The van der Waals surface area contributed by atoms with Crippen LogP contribution in [0.4, 0.5) is 5.82 Å². The van der Waals surface area contributed by atoms with Gasteiger partial charge < -0.3 is 16.0 Å². The van der Waals surface area contributed by atoms with Crippen LogP contribution in [0.1, 0.15) is 29.4 Å². The summed E-state index contributed by atoms with van der Waals surface area (Å²) >= 11 is 12.7. The zero-order valence-corrected chi connectivity index (χ0v) is 20.8. The summed E-state index contributed by atoms with van der Waals surface area (Å²) in [5.74, 6) is 0.937.